The second-order valence-corrected chi connectivity index (χ2v) is 12.9. The molecule has 0 aromatic heterocycles. The quantitative estimate of drug-likeness (QED) is 0.327. The molecule has 0 spiro atoms. The number of para-hydroxylation sites is 1. The highest BCUT2D eigenvalue weighted by atomic mass is 32.2. The van der Waals surface area contributed by atoms with Crippen LogP contribution in [-0.2, 0) is 25.2 Å². The molecule has 0 saturated carbocycles. The van der Waals surface area contributed by atoms with Crippen LogP contribution < -0.4 is 18.5 Å². The Morgan fingerprint density at radius 3 is 2.30 bits per heavy atom. The number of halogens is 4. The Kier molecular flexibility index (Phi) is 8.45. The largest absolute Gasteiger partial charge is 0.573 e. The number of alkyl halides is 4. The number of anilines is 1. The van der Waals surface area contributed by atoms with Crippen molar-refractivity contribution >= 4 is 27.5 Å². The first-order chi connectivity index (χ1) is 21.6. The molecule has 2 aliphatic heterocycles. The molecule has 2 amide bonds. The molecule has 3 aromatic rings. The molecule has 2 heterocycles. The fourth-order valence-corrected chi connectivity index (χ4v) is 7.74. The summed E-state index contributed by atoms with van der Waals surface area (Å²) >= 11 is 0. The Balaban J connectivity index is 1.85. The summed E-state index contributed by atoms with van der Waals surface area (Å²) in [5.41, 5.74) is -1.60. The fraction of sp³-hybridized carbons (Fsp3) is 0.355. The van der Waals surface area contributed by atoms with E-state index >= 15 is 9.18 Å². The molecule has 1 fully saturated rings. The number of sulfonamides is 1. The lowest BCUT2D eigenvalue weighted by atomic mass is 9.80. The Morgan fingerprint density at radius 1 is 0.978 bits per heavy atom. The van der Waals surface area contributed by atoms with Gasteiger partial charge in [0.25, 0.3) is 15.9 Å². The number of fused-ring (bicyclic) bond motifs is 1. The third-order valence-corrected chi connectivity index (χ3v) is 9.79. The molecule has 0 bridgehead atoms. The summed E-state index contributed by atoms with van der Waals surface area (Å²) in [7, 11) is 0.256. The Hall–Kier alpha value is -4.37. The molecule has 2 aliphatic rings. The van der Waals surface area contributed by atoms with Crippen LogP contribution in [-0.4, -0.2) is 83.5 Å². The third-order valence-electron chi connectivity index (χ3n) is 8.05. The smallest absolute Gasteiger partial charge is 0.497 e. The second kappa shape index (κ2) is 11.8. The molecule has 1 saturated heterocycles. The first-order valence-electron chi connectivity index (χ1n) is 14.0. The third kappa shape index (κ3) is 5.30. The minimum atomic E-state index is -5.30. The lowest BCUT2D eigenvalue weighted by Crippen LogP contribution is -2.59. The molecule has 15 heteroatoms. The van der Waals surface area contributed by atoms with Crippen molar-refractivity contribution in [2.75, 3.05) is 39.2 Å². The van der Waals surface area contributed by atoms with E-state index in [0.717, 1.165) is 18.2 Å². The van der Waals surface area contributed by atoms with E-state index in [1.807, 2.05) is 0 Å². The normalized spacial score (nSPS) is 21.7. The number of hydrogen-bond donors (Lipinski definition) is 0. The van der Waals surface area contributed by atoms with Gasteiger partial charge in [0.2, 0.25) is 5.91 Å². The average Bonchev–Trinajstić information content (AvgIpc) is 3.50. The van der Waals surface area contributed by atoms with E-state index in [1.54, 1.807) is 25.1 Å². The standard InChI is InChI=1S/C31H31F4N3O7S/c1-18-10-12-23-22(14-18)30(21-8-6-7-9-25(21)44-5,37-17-19(32)15-24(37)28(39)36(2)3)29(40)38(23)46(41,42)27-13-11-20(43-4)16-26(27)45-31(33,34)35/h6-14,16,19,24H,15,17H2,1-5H3/t19-,24+,30?/m1/s1. The number of likely N-dealkylation sites (tertiary alicyclic amines) is 1. The zero-order chi connectivity index (χ0) is 33.8. The van der Waals surface area contributed by atoms with E-state index < -0.39 is 63.1 Å². The molecule has 0 aliphatic carbocycles. The monoisotopic (exact) mass is 665 g/mol. The Labute approximate surface area is 263 Å². The van der Waals surface area contributed by atoms with Gasteiger partial charge >= 0.3 is 6.36 Å². The molecule has 10 nitrogen and oxygen atoms in total. The van der Waals surface area contributed by atoms with Crippen LogP contribution in [0.2, 0.25) is 0 Å². The summed E-state index contributed by atoms with van der Waals surface area (Å²) in [6.45, 7) is 1.25. The highest BCUT2D eigenvalue weighted by Crippen LogP contribution is 2.55. The van der Waals surface area contributed by atoms with Gasteiger partial charge in [0.15, 0.2) is 11.3 Å². The number of carbonyl (C=O) groups is 2. The Morgan fingerprint density at radius 2 is 1.67 bits per heavy atom. The summed E-state index contributed by atoms with van der Waals surface area (Å²) in [5, 5.41) is 0. The fourth-order valence-electron chi connectivity index (χ4n) is 6.18. The van der Waals surface area contributed by atoms with E-state index in [1.165, 1.54) is 62.4 Å². The van der Waals surface area contributed by atoms with Crippen molar-refractivity contribution in [3.05, 3.63) is 77.4 Å². The van der Waals surface area contributed by atoms with Gasteiger partial charge in [-0.05, 0) is 31.2 Å². The number of benzene rings is 3. The van der Waals surface area contributed by atoms with Crippen LogP contribution in [0.25, 0.3) is 0 Å². The first kappa shape index (κ1) is 33.0. The molecule has 0 radical (unpaired) electrons. The zero-order valence-corrected chi connectivity index (χ0v) is 26.3. The average molecular weight is 666 g/mol. The molecular formula is C31H31F4N3O7S. The predicted molar refractivity (Wildman–Crippen MR) is 158 cm³/mol. The van der Waals surface area contributed by atoms with Crippen LogP contribution in [0.4, 0.5) is 23.2 Å². The van der Waals surface area contributed by atoms with Crippen molar-refractivity contribution in [2.45, 2.75) is 42.4 Å². The predicted octanol–water partition coefficient (Wildman–Crippen LogP) is 4.39. The molecule has 0 N–H and O–H groups in total. The van der Waals surface area contributed by atoms with Crippen molar-refractivity contribution in [1.29, 1.82) is 0 Å². The summed E-state index contributed by atoms with van der Waals surface area (Å²) in [5.74, 6) is -2.84. The molecule has 1 unspecified atom stereocenters. The highest BCUT2D eigenvalue weighted by Gasteiger charge is 2.64. The van der Waals surface area contributed by atoms with Crippen LogP contribution in [0.1, 0.15) is 23.1 Å². The van der Waals surface area contributed by atoms with Gasteiger partial charge in [-0.15, -0.1) is 13.2 Å². The van der Waals surface area contributed by atoms with Crippen molar-refractivity contribution < 1.29 is 49.8 Å². The summed E-state index contributed by atoms with van der Waals surface area (Å²) in [6, 6.07) is 12.1. The van der Waals surface area contributed by atoms with Crippen molar-refractivity contribution in [1.82, 2.24) is 9.80 Å². The summed E-state index contributed by atoms with van der Waals surface area (Å²) in [6.07, 6.45) is -7.18. The van der Waals surface area contributed by atoms with Gasteiger partial charge in [-0.1, -0.05) is 35.9 Å². The number of aryl methyl sites for hydroxylation is 1. The number of amides is 2. The van der Waals surface area contributed by atoms with Crippen molar-refractivity contribution in [3.63, 3.8) is 0 Å². The minimum absolute atomic E-state index is 0.0723. The number of ether oxygens (including phenoxy) is 3. The van der Waals surface area contributed by atoms with Crippen LogP contribution in [0.15, 0.2) is 65.6 Å². The van der Waals surface area contributed by atoms with E-state index in [2.05, 4.69) is 4.74 Å². The zero-order valence-electron chi connectivity index (χ0n) is 25.5. The molecule has 246 valence electrons. The lowest BCUT2D eigenvalue weighted by molar-refractivity contribution is -0.275. The van der Waals surface area contributed by atoms with Crippen LogP contribution in [0, 0.1) is 6.92 Å². The SMILES string of the molecule is COc1ccc(S(=O)(=O)N2C(=O)C(c3ccccc3OC)(N3C[C@H](F)C[C@H]3C(=O)N(C)C)c3cc(C)ccc32)c(OC(F)(F)F)c1. The van der Waals surface area contributed by atoms with Crippen LogP contribution in [0.5, 0.6) is 17.2 Å². The van der Waals surface area contributed by atoms with Gasteiger partial charge in [0.1, 0.15) is 22.6 Å². The van der Waals surface area contributed by atoms with E-state index in [4.69, 9.17) is 9.47 Å². The van der Waals surface area contributed by atoms with Crippen LogP contribution in [0.3, 0.4) is 0 Å². The van der Waals surface area contributed by atoms with Crippen molar-refractivity contribution in [2.24, 2.45) is 0 Å². The second-order valence-electron chi connectivity index (χ2n) is 11.1. The van der Waals surface area contributed by atoms with Gasteiger partial charge in [0, 0.05) is 44.3 Å². The summed E-state index contributed by atoms with van der Waals surface area (Å²) in [4.78, 5) is 30.3. The molecule has 5 rings (SSSR count). The number of methoxy groups -OCH3 is 2. The first-order valence-corrected chi connectivity index (χ1v) is 15.4. The minimum Gasteiger partial charge on any atom is -0.497 e. The number of rotatable bonds is 8. The maximum absolute atomic E-state index is 15.4. The van der Waals surface area contributed by atoms with Gasteiger partial charge in [0.05, 0.1) is 25.9 Å². The molecule has 3 atom stereocenters. The summed E-state index contributed by atoms with van der Waals surface area (Å²) < 4.78 is 100.0. The molecule has 3 aromatic carbocycles. The maximum Gasteiger partial charge on any atom is 0.573 e. The number of nitrogens with zero attached hydrogens (tertiary/aromatic N) is 3. The van der Waals surface area contributed by atoms with Crippen molar-refractivity contribution in [3.8, 4) is 17.2 Å². The van der Waals surface area contributed by atoms with E-state index in [9.17, 15) is 26.4 Å². The number of likely N-dealkylation sites (N-methyl/N-ethyl adjacent to an activating group) is 1. The molecule has 46 heavy (non-hydrogen) atoms. The number of hydrogen-bond acceptors (Lipinski definition) is 8. The van der Waals surface area contributed by atoms with Crippen LogP contribution >= 0.6 is 0 Å². The Bertz CT molecular complexity index is 1800. The van der Waals surface area contributed by atoms with Gasteiger partial charge in [-0.3, -0.25) is 14.5 Å². The van der Waals surface area contributed by atoms with E-state index in [-0.39, 0.29) is 34.7 Å². The highest BCUT2D eigenvalue weighted by molar-refractivity contribution is 7.93. The molecular weight excluding hydrogens is 634 g/mol. The number of carbonyl (C=O) groups excluding carboxylic acids is 2. The van der Waals surface area contributed by atoms with Gasteiger partial charge in [-0.25, -0.2) is 17.1 Å². The maximum atomic E-state index is 15.4. The topological polar surface area (TPSA) is 106 Å². The lowest BCUT2D eigenvalue weighted by Gasteiger charge is -2.42. The van der Waals surface area contributed by atoms with Gasteiger partial charge < -0.3 is 19.1 Å². The van der Waals surface area contributed by atoms with E-state index in [0.29, 0.717) is 9.87 Å². The van der Waals surface area contributed by atoms with Gasteiger partial charge in [-0.2, -0.15) is 0 Å².